The summed E-state index contributed by atoms with van der Waals surface area (Å²) in [5.41, 5.74) is -2.83. The molecule has 11 unspecified atom stereocenters. The monoisotopic (exact) mass is 488 g/mol. The highest BCUT2D eigenvalue weighted by Gasteiger charge is 2.75. The second-order valence-corrected chi connectivity index (χ2v) is 12.7. The number of aliphatic hydroxyl groups is 4. The molecular formula is C28H40O7. The van der Waals surface area contributed by atoms with Crippen LogP contribution in [0.15, 0.2) is 22.8 Å². The predicted octanol–water partition coefficient (Wildman–Crippen LogP) is 2.10. The van der Waals surface area contributed by atoms with Crippen LogP contribution in [-0.2, 0) is 14.3 Å². The average Bonchev–Trinajstić information content (AvgIpc) is 3.23. The molecule has 5 rings (SSSR count). The fourth-order valence-electron chi connectivity index (χ4n) is 8.26. The van der Waals surface area contributed by atoms with Gasteiger partial charge < -0.3 is 25.2 Å². The van der Waals surface area contributed by atoms with Crippen molar-refractivity contribution in [3.63, 3.8) is 0 Å². The van der Waals surface area contributed by atoms with Crippen molar-refractivity contribution in [3.05, 3.63) is 22.8 Å². The van der Waals surface area contributed by atoms with Gasteiger partial charge in [-0.05, 0) is 43.1 Å². The lowest BCUT2D eigenvalue weighted by atomic mass is 9.50. The van der Waals surface area contributed by atoms with E-state index in [0.29, 0.717) is 24.8 Å². The summed E-state index contributed by atoms with van der Waals surface area (Å²) >= 11 is 0. The third kappa shape index (κ3) is 3.02. The van der Waals surface area contributed by atoms with Crippen LogP contribution < -0.4 is 0 Å². The van der Waals surface area contributed by atoms with Gasteiger partial charge in [0, 0.05) is 34.3 Å². The molecule has 11 atom stereocenters. The normalized spacial score (nSPS) is 48.8. The van der Waals surface area contributed by atoms with Gasteiger partial charge in [0.15, 0.2) is 11.6 Å². The highest BCUT2D eigenvalue weighted by atomic mass is 16.5. The van der Waals surface area contributed by atoms with Gasteiger partial charge in [-0.3, -0.25) is 9.59 Å². The van der Waals surface area contributed by atoms with Gasteiger partial charge in [0.25, 0.3) is 0 Å². The zero-order chi connectivity index (χ0) is 25.8. The number of ketones is 2. The van der Waals surface area contributed by atoms with Gasteiger partial charge in [-0.15, -0.1) is 0 Å². The number of ether oxygens (including phenoxy) is 1. The Morgan fingerprint density at radius 3 is 2.40 bits per heavy atom. The van der Waals surface area contributed by atoms with Crippen molar-refractivity contribution < 1.29 is 34.8 Å². The maximum absolute atomic E-state index is 13.9. The van der Waals surface area contributed by atoms with Crippen LogP contribution in [0.1, 0.15) is 67.2 Å². The first kappa shape index (κ1) is 25.3. The summed E-state index contributed by atoms with van der Waals surface area (Å²) in [5, 5.41) is 45.2. The predicted molar refractivity (Wildman–Crippen MR) is 128 cm³/mol. The highest BCUT2D eigenvalue weighted by molar-refractivity contribution is 6.18. The van der Waals surface area contributed by atoms with Crippen molar-refractivity contribution in [2.45, 2.75) is 103 Å². The SMILES string of the molecule is CC(C)C(C)C(O)C1OC2CC3(O)C4=C(C(=O)C(O)C3(C)C2C1C)C1(C)CCC(O)CC1=CC4=O. The van der Waals surface area contributed by atoms with Crippen LogP contribution in [-0.4, -0.2) is 68.1 Å². The van der Waals surface area contributed by atoms with Crippen molar-refractivity contribution in [2.75, 3.05) is 0 Å². The van der Waals surface area contributed by atoms with E-state index in [1.54, 1.807) is 6.92 Å². The van der Waals surface area contributed by atoms with E-state index in [0.717, 1.165) is 0 Å². The van der Waals surface area contributed by atoms with Crippen LogP contribution in [0, 0.1) is 34.5 Å². The Labute approximate surface area is 207 Å². The Morgan fingerprint density at radius 2 is 1.77 bits per heavy atom. The van der Waals surface area contributed by atoms with Gasteiger partial charge >= 0.3 is 0 Å². The highest BCUT2D eigenvalue weighted by Crippen LogP contribution is 2.67. The lowest BCUT2D eigenvalue weighted by molar-refractivity contribution is -0.162. The first-order valence-electron chi connectivity index (χ1n) is 13.2. The standard InChI is InChI=1S/C28H40O7/c1-12(2)13(3)22(31)24-14(4)19-18(35-24)11-28(34)20-17(30)10-15-9-16(29)7-8-26(15,5)21(20)23(32)25(33)27(19,28)6/h10,12-14,16,18-19,22,24-25,29,31,33-34H,7-9,11H2,1-6H3. The minimum absolute atomic E-state index is 0.00901. The Kier molecular flexibility index (Phi) is 5.64. The molecule has 0 aromatic rings. The molecular weight excluding hydrogens is 448 g/mol. The lowest BCUT2D eigenvalue weighted by Crippen LogP contribution is -2.64. The van der Waals surface area contributed by atoms with Crippen LogP contribution in [0.4, 0.5) is 0 Å². The summed E-state index contributed by atoms with van der Waals surface area (Å²) in [6.07, 6.45) is -0.909. The third-order valence-corrected chi connectivity index (χ3v) is 10.8. The molecule has 0 spiro atoms. The van der Waals surface area contributed by atoms with Gasteiger partial charge in [0.1, 0.15) is 11.7 Å². The molecule has 194 valence electrons. The summed E-state index contributed by atoms with van der Waals surface area (Å²) in [4.78, 5) is 27.4. The number of rotatable bonds is 3. The summed E-state index contributed by atoms with van der Waals surface area (Å²) < 4.78 is 6.38. The molecule has 3 fully saturated rings. The average molecular weight is 489 g/mol. The Bertz CT molecular complexity index is 1030. The Hall–Kier alpha value is -1.38. The summed E-state index contributed by atoms with van der Waals surface area (Å²) in [5.74, 6) is -1.31. The van der Waals surface area contributed by atoms with Crippen molar-refractivity contribution >= 4 is 11.6 Å². The number of carbonyl (C=O) groups excluding carboxylic acids is 2. The van der Waals surface area contributed by atoms with Gasteiger partial charge in [-0.1, -0.05) is 47.1 Å². The molecule has 0 aromatic carbocycles. The molecule has 4 N–H and O–H groups in total. The zero-order valence-electron chi connectivity index (χ0n) is 21.6. The van der Waals surface area contributed by atoms with E-state index in [1.807, 2.05) is 34.6 Å². The zero-order valence-corrected chi connectivity index (χ0v) is 21.6. The van der Waals surface area contributed by atoms with Gasteiger partial charge in [0.2, 0.25) is 0 Å². The molecule has 5 aliphatic rings. The number of carbonyl (C=O) groups is 2. The van der Waals surface area contributed by atoms with Crippen LogP contribution in [0.2, 0.25) is 0 Å². The second-order valence-electron chi connectivity index (χ2n) is 12.7. The van der Waals surface area contributed by atoms with Crippen LogP contribution in [0.5, 0.6) is 0 Å². The molecule has 0 aromatic heterocycles. The number of aliphatic hydroxyl groups excluding tert-OH is 3. The molecule has 4 aliphatic carbocycles. The molecule has 1 saturated heterocycles. The smallest absolute Gasteiger partial charge is 0.189 e. The van der Waals surface area contributed by atoms with E-state index >= 15 is 0 Å². The molecule has 1 aliphatic heterocycles. The summed E-state index contributed by atoms with van der Waals surface area (Å²) in [6.45, 7) is 11.6. The molecule has 35 heavy (non-hydrogen) atoms. The molecule has 2 saturated carbocycles. The minimum atomic E-state index is -1.73. The number of fused-ring (bicyclic) bond motifs is 6. The topological polar surface area (TPSA) is 124 Å². The van der Waals surface area contributed by atoms with Crippen LogP contribution in [0.3, 0.4) is 0 Å². The summed E-state index contributed by atoms with van der Waals surface area (Å²) in [7, 11) is 0. The van der Waals surface area contributed by atoms with E-state index in [4.69, 9.17) is 4.74 Å². The largest absolute Gasteiger partial charge is 0.393 e. The maximum Gasteiger partial charge on any atom is 0.189 e. The first-order valence-corrected chi connectivity index (χ1v) is 13.2. The molecule has 1 heterocycles. The molecule has 0 bridgehead atoms. The quantitative estimate of drug-likeness (QED) is 0.480. The third-order valence-electron chi connectivity index (χ3n) is 10.8. The number of allylic oxidation sites excluding steroid dienone is 1. The first-order chi connectivity index (χ1) is 16.2. The molecule has 0 radical (unpaired) electrons. The fraction of sp³-hybridized carbons (Fsp3) is 0.786. The van der Waals surface area contributed by atoms with E-state index in [2.05, 4.69) is 0 Å². The van der Waals surface area contributed by atoms with Crippen molar-refractivity contribution in [1.29, 1.82) is 0 Å². The lowest BCUT2D eigenvalue weighted by Gasteiger charge is -2.55. The molecule has 0 amide bonds. The Morgan fingerprint density at radius 1 is 1.11 bits per heavy atom. The van der Waals surface area contributed by atoms with E-state index in [9.17, 15) is 30.0 Å². The van der Waals surface area contributed by atoms with Gasteiger partial charge in [-0.2, -0.15) is 0 Å². The van der Waals surface area contributed by atoms with Crippen molar-refractivity contribution in [2.24, 2.45) is 34.5 Å². The second kappa shape index (κ2) is 7.81. The van der Waals surface area contributed by atoms with E-state index in [1.165, 1.54) is 6.08 Å². The van der Waals surface area contributed by atoms with E-state index < -0.39 is 64.4 Å². The number of hydrogen-bond acceptors (Lipinski definition) is 7. The van der Waals surface area contributed by atoms with Crippen LogP contribution in [0.25, 0.3) is 0 Å². The van der Waals surface area contributed by atoms with E-state index in [-0.39, 0.29) is 35.3 Å². The van der Waals surface area contributed by atoms with Crippen LogP contribution >= 0.6 is 0 Å². The van der Waals surface area contributed by atoms with Crippen molar-refractivity contribution in [3.8, 4) is 0 Å². The maximum atomic E-state index is 13.9. The minimum Gasteiger partial charge on any atom is -0.393 e. The molecule has 7 nitrogen and oxygen atoms in total. The number of hydrogen-bond donors (Lipinski definition) is 4. The van der Waals surface area contributed by atoms with Gasteiger partial charge in [-0.25, -0.2) is 0 Å². The summed E-state index contributed by atoms with van der Waals surface area (Å²) in [6, 6.07) is 0. The fourth-order valence-corrected chi connectivity index (χ4v) is 8.26. The number of Topliss-reactive ketones (excluding diaryl/α,β-unsaturated/α-hetero) is 1. The van der Waals surface area contributed by atoms with Gasteiger partial charge in [0.05, 0.1) is 24.4 Å². The molecule has 7 heteroatoms. The Balaban J connectivity index is 1.59. The van der Waals surface area contributed by atoms with Crippen molar-refractivity contribution in [1.82, 2.24) is 0 Å².